The van der Waals surface area contributed by atoms with E-state index < -0.39 is 0 Å². The van der Waals surface area contributed by atoms with E-state index in [0.717, 1.165) is 24.8 Å². The number of carbonyl (C=O) groups is 1. The summed E-state index contributed by atoms with van der Waals surface area (Å²) in [5.41, 5.74) is 2.24. The van der Waals surface area contributed by atoms with E-state index >= 15 is 0 Å². The van der Waals surface area contributed by atoms with Crippen LogP contribution in [0.25, 0.3) is 0 Å². The molecular weight excluding hydrogens is 372 g/mol. The lowest BCUT2D eigenvalue weighted by molar-refractivity contribution is 0.102. The van der Waals surface area contributed by atoms with E-state index in [-0.39, 0.29) is 11.3 Å². The SMILES string of the molecule is COc1cccc(OC)c1C(=O)Nc1sc2c(c1C#N)CC[C@H](C(C)(C)C)C2. The topological polar surface area (TPSA) is 71.3 Å². The Bertz CT molecular complexity index is 912. The van der Waals surface area contributed by atoms with Crippen molar-refractivity contribution in [2.24, 2.45) is 11.3 Å². The first-order chi connectivity index (χ1) is 13.3. The lowest BCUT2D eigenvalue weighted by Crippen LogP contribution is -2.26. The summed E-state index contributed by atoms with van der Waals surface area (Å²) in [6.45, 7) is 6.79. The first-order valence-electron chi connectivity index (χ1n) is 9.37. The van der Waals surface area contributed by atoms with Crippen LogP contribution in [0.2, 0.25) is 0 Å². The van der Waals surface area contributed by atoms with Gasteiger partial charge in [0.2, 0.25) is 0 Å². The zero-order valence-corrected chi connectivity index (χ0v) is 17.8. The number of nitrogens with one attached hydrogen (secondary N) is 1. The molecule has 1 aliphatic rings. The molecule has 28 heavy (non-hydrogen) atoms. The number of anilines is 1. The highest BCUT2D eigenvalue weighted by atomic mass is 32.1. The predicted octanol–water partition coefficient (Wildman–Crippen LogP) is 5.04. The largest absolute Gasteiger partial charge is 0.496 e. The van der Waals surface area contributed by atoms with E-state index in [1.165, 1.54) is 30.4 Å². The van der Waals surface area contributed by atoms with Crippen LogP contribution in [0.3, 0.4) is 0 Å². The second-order valence-corrected chi connectivity index (χ2v) is 9.22. The minimum atomic E-state index is -0.336. The number of fused-ring (bicyclic) bond motifs is 1. The van der Waals surface area contributed by atoms with Gasteiger partial charge in [-0.1, -0.05) is 26.8 Å². The van der Waals surface area contributed by atoms with E-state index in [4.69, 9.17) is 9.47 Å². The van der Waals surface area contributed by atoms with Crippen LogP contribution in [0.15, 0.2) is 18.2 Å². The lowest BCUT2D eigenvalue weighted by atomic mass is 9.72. The van der Waals surface area contributed by atoms with Gasteiger partial charge in [0, 0.05) is 4.88 Å². The van der Waals surface area contributed by atoms with Gasteiger partial charge in [0.15, 0.2) is 0 Å². The molecule has 0 saturated heterocycles. The average molecular weight is 399 g/mol. The van der Waals surface area contributed by atoms with Crippen LogP contribution in [0, 0.1) is 22.7 Å². The van der Waals surface area contributed by atoms with Crippen LogP contribution in [0.1, 0.15) is 53.6 Å². The number of benzene rings is 1. The second-order valence-electron chi connectivity index (χ2n) is 8.12. The monoisotopic (exact) mass is 398 g/mol. The molecule has 3 rings (SSSR count). The number of rotatable bonds is 4. The van der Waals surface area contributed by atoms with Crippen molar-refractivity contribution in [3.05, 3.63) is 39.8 Å². The molecule has 5 nitrogen and oxygen atoms in total. The first kappa shape index (κ1) is 20.2. The normalized spacial score (nSPS) is 16.1. The zero-order valence-electron chi connectivity index (χ0n) is 17.0. The third-order valence-electron chi connectivity index (χ3n) is 5.48. The van der Waals surface area contributed by atoms with Gasteiger partial charge in [-0.3, -0.25) is 4.79 Å². The molecule has 1 aromatic carbocycles. The van der Waals surface area contributed by atoms with Crippen LogP contribution in [-0.2, 0) is 12.8 Å². The minimum absolute atomic E-state index is 0.225. The number of thiophene rings is 1. The molecule has 1 amide bonds. The van der Waals surface area contributed by atoms with Crippen molar-refractivity contribution in [1.82, 2.24) is 0 Å². The number of methoxy groups -OCH3 is 2. The molecule has 6 heteroatoms. The van der Waals surface area contributed by atoms with Gasteiger partial charge in [0.25, 0.3) is 5.91 Å². The number of nitrogens with zero attached hydrogens (tertiary/aromatic N) is 1. The Balaban J connectivity index is 1.94. The molecule has 0 saturated carbocycles. The van der Waals surface area contributed by atoms with Crippen molar-refractivity contribution >= 4 is 22.2 Å². The molecule has 0 radical (unpaired) electrons. The highest BCUT2D eigenvalue weighted by molar-refractivity contribution is 7.16. The summed E-state index contributed by atoms with van der Waals surface area (Å²) in [7, 11) is 3.03. The summed E-state index contributed by atoms with van der Waals surface area (Å²) in [6.07, 6.45) is 2.90. The van der Waals surface area contributed by atoms with E-state index in [1.54, 1.807) is 18.2 Å². The molecule has 0 aliphatic heterocycles. The van der Waals surface area contributed by atoms with Crippen molar-refractivity contribution in [1.29, 1.82) is 5.26 Å². The molecule has 148 valence electrons. The summed E-state index contributed by atoms with van der Waals surface area (Å²) in [6, 6.07) is 7.51. The third-order valence-corrected chi connectivity index (χ3v) is 6.65. The van der Waals surface area contributed by atoms with Crippen LogP contribution in [0.5, 0.6) is 11.5 Å². The van der Waals surface area contributed by atoms with Gasteiger partial charge in [-0.2, -0.15) is 5.26 Å². The highest BCUT2D eigenvalue weighted by Crippen LogP contribution is 2.44. The molecule has 1 aliphatic carbocycles. The molecule has 2 aromatic rings. The Morgan fingerprint density at radius 1 is 1.25 bits per heavy atom. The van der Waals surface area contributed by atoms with E-state index in [1.807, 2.05) is 0 Å². The molecule has 1 aromatic heterocycles. The van der Waals surface area contributed by atoms with Gasteiger partial charge in [0.05, 0.1) is 19.8 Å². The standard InChI is InChI=1S/C22H26N2O3S/c1-22(2,3)13-9-10-14-15(12-23)21(28-18(14)11-13)24-20(25)19-16(26-4)7-6-8-17(19)27-5/h6-8,13H,9-11H2,1-5H3,(H,24,25)/t13-/m0/s1. The van der Waals surface area contributed by atoms with Gasteiger partial charge in [0.1, 0.15) is 28.1 Å². The Labute approximate surface area is 170 Å². The average Bonchev–Trinajstić information content (AvgIpc) is 3.02. The zero-order chi connectivity index (χ0) is 20.5. The number of amides is 1. The fourth-order valence-corrected chi connectivity index (χ4v) is 5.04. The number of carbonyl (C=O) groups excluding carboxylic acids is 1. The van der Waals surface area contributed by atoms with Crippen LogP contribution < -0.4 is 14.8 Å². The Morgan fingerprint density at radius 3 is 2.43 bits per heavy atom. The summed E-state index contributed by atoms with van der Waals surface area (Å²) in [5, 5.41) is 13.3. The maximum Gasteiger partial charge on any atom is 0.263 e. The molecule has 0 bridgehead atoms. The predicted molar refractivity (Wildman–Crippen MR) is 112 cm³/mol. The van der Waals surface area contributed by atoms with Crippen LogP contribution in [-0.4, -0.2) is 20.1 Å². The number of nitriles is 1. The Hall–Kier alpha value is -2.52. The van der Waals surface area contributed by atoms with Crippen molar-refractivity contribution in [2.45, 2.75) is 40.0 Å². The van der Waals surface area contributed by atoms with E-state index in [2.05, 4.69) is 32.2 Å². The first-order valence-corrected chi connectivity index (χ1v) is 10.2. The molecular formula is C22H26N2O3S. The lowest BCUT2D eigenvalue weighted by Gasteiger charge is -2.33. The number of ether oxygens (including phenoxy) is 2. The van der Waals surface area contributed by atoms with Gasteiger partial charge in [-0.15, -0.1) is 11.3 Å². The molecule has 0 spiro atoms. The number of hydrogen-bond donors (Lipinski definition) is 1. The maximum atomic E-state index is 13.0. The molecule has 0 fully saturated rings. The van der Waals surface area contributed by atoms with Crippen LogP contribution in [0.4, 0.5) is 5.00 Å². The van der Waals surface area contributed by atoms with Crippen molar-refractivity contribution in [2.75, 3.05) is 19.5 Å². The van der Waals surface area contributed by atoms with Crippen molar-refractivity contribution in [3.63, 3.8) is 0 Å². The van der Waals surface area contributed by atoms with Crippen molar-refractivity contribution in [3.8, 4) is 17.6 Å². The maximum absolute atomic E-state index is 13.0. The van der Waals surface area contributed by atoms with Crippen molar-refractivity contribution < 1.29 is 14.3 Å². The summed E-state index contributed by atoms with van der Waals surface area (Å²) >= 11 is 1.52. The van der Waals surface area contributed by atoms with Gasteiger partial charge >= 0.3 is 0 Å². The summed E-state index contributed by atoms with van der Waals surface area (Å²) in [4.78, 5) is 14.2. The molecule has 1 heterocycles. The molecule has 0 unspecified atom stereocenters. The number of hydrogen-bond acceptors (Lipinski definition) is 5. The second kappa shape index (κ2) is 7.84. The van der Waals surface area contributed by atoms with Gasteiger partial charge < -0.3 is 14.8 Å². The van der Waals surface area contributed by atoms with Gasteiger partial charge in [-0.25, -0.2) is 0 Å². The molecule has 1 N–H and O–H groups in total. The third kappa shape index (κ3) is 3.72. The van der Waals surface area contributed by atoms with Gasteiger partial charge in [-0.05, 0) is 48.3 Å². The Kier molecular flexibility index (Phi) is 5.66. The van der Waals surface area contributed by atoms with Crippen LogP contribution >= 0.6 is 11.3 Å². The summed E-state index contributed by atoms with van der Waals surface area (Å²) < 4.78 is 10.7. The van der Waals surface area contributed by atoms with E-state index in [9.17, 15) is 10.1 Å². The highest BCUT2D eigenvalue weighted by Gasteiger charge is 2.32. The smallest absolute Gasteiger partial charge is 0.263 e. The molecule has 1 atom stereocenters. The summed E-state index contributed by atoms with van der Waals surface area (Å²) in [5.74, 6) is 1.11. The minimum Gasteiger partial charge on any atom is -0.496 e. The fraction of sp³-hybridized carbons (Fsp3) is 0.455. The quantitative estimate of drug-likeness (QED) is 0.783. The Morgan fingerprint density at radius 2 is 1.89 bits per heavy atom. The van der Waals surface area contributed by atoms with E-state index in [0.29, 0.717) is 33.5 Å². The fourth-order valence-electron chi connectivity index (χ4n) is 3.77.